The van der Waals surface area contributed by atoms with E-state index in [0.29, 0.717) is 0 Å². The lowest BCUT2D eigenvalue weighted by atomic mass is 9.79. The van der Waals surface area contributed by atoms with Crippen molar-refractivity contribution in [3.05, 3.63) is 276 Å². The highest BCUT2D eigenvalue weighted by atomic mass is 14.4. The molecule has 0 atom stereocenters. The Morgan fingerprint density at radius 3 is 0.714 bits per heavy atom. The molecule has 0 aliphatic heterocycles. The van der Waals surface area contributed by atoms with Crippen LogP contribution in [0.15, 0.2) is 243 Å². The van der Waals surface area contributed by atoms with Crippen LogP contribution in [0.4, 0.5) is 0 Å². The van der Waals surface area contributed by atoms with Gasteiger partial charge in [0.2, 0.25) is 0 Å². The zero-order chi connectivity index (χ0) is 52.0. The summed E-state index contributed by atoms with van der Waals surface area (Å²) in [7, 11) is 0. The number of rotatable bonds is 6. The Labute approximate surface area is 453 Å². The molecule has 0 bridgehead atoms. The quantitative estimate of drug-likeness (QED) is 0.156. The van der Waals surface area contributed by atoms with E-state index in [9.17, 15) is 0 Å². The molecule has 0 saturated carbocycles. The van der Waals surface area contributed by atoms with Gasteiger partial charge in [-0.25, -0.2) is 0 Å². The predicted molar refractivity (Wildman–Crippen MR) is 327 cm³/mol. The van der Waals surface area contributed by atoms with Crippen molar-refractivity contribution in [3.8, 4) is 100 Å². The third-order valence-corrected chi connectivity index (χ3v) is 18.3. The molecule has 0 nitrogen and oxygen atoms in total. The molecule has 3 aliphatic carbocycles. The number of hydrogen-bond donors (Lipinski definition) is 0. The van der Waals surface area contributed by atoms with Crippen molar-refractivity contribution in [2.45, 2.75) is 57.8 Å². The maximum Gasteiger partial charge on any atom is 0.0159 e. The number of fused-ring (bicyclic) bond motifs is 11. The van der Waals surface area contributed by atoms with Crippen LogP contribution in [0, 0.1) is 0 Å². The van der Waals surface area contributed by atoms with Gasteiger partial charge in [-0.2, -0.15) is 0 Å². The van der Waals surface area contributed by atoms with Crippen LogP contribution in [0.3, 0.4) is 0 Å². The fourth-order valence-corrected chi connectivity index (χ4v) is 14.0. The van der Waals surface area contributed by atoms with Crippen LogP contribution in [0.5, 0.6) is 0 Å². The lowest BCUT2D eigenvalue weighted by Crippen LogP contribution is -2.16. The van der Waals surface area contributed by atoms with Crippen LogP contribution in [-0.4, -0.2) is 0 Å². The highest BCUT2D eigenvalue weighted by Crippen LogP contribution is 2.55. The SMILES string of the molecule is CC1(C)c2cc(-c3cccc(-c4cccc5ccccc45)c3)ccc2-c2ccc(-c3ccc4c(c3)C(C)(C)c3cc(-c5ccc6c(c5)C(C)(C)c5cc(-c7cccc(-c8cccc9ccccc89)c7)ccc5-6)ccc3-4)cc21. The van der Waals surface area contributed by atoms with Gasteiger partial charge in [0, 0.05) is 16.2 Å². The summed E-state index contributed by atoms with van der Waals surface area (Å²) in [4.78, 5) is 0. The second-order valence-corrected chi connectivity index (χ2v) is 23.7. The molecule has 366 valence electrons. The van der Waals surface area contributed by atoms with Crippen LogP contribution in [0.2, 0.25) is 0 Å². The minimum Gasteiger partial charge on any atom is -0.0616 e. The lowest BCUT2D eigenvalue weighted by Gasteiger charge is -2.24. The summed E-state index contributed by atoms with van der Waals surface area (Å²) in [6, 6.07) is 91.8. The van der Waals surface area contributed by atoms with Crippen LogP contribution < -0.4 is 0 Å². The fourth-order valence-electron chi connectivity index (χ4n) is 14.0. The van der Waals surface area contributed by atoms with Gasteiger partial charge in [-0.15, -0.1) is 0 Å². The molecular formula is C77H58. The first-order valence-electron chi connectivity index (χ1n) is 27.5. The molecule has 77 heavy (non-hydrogen) atoms. The third-order valence-electron chi connectivity index (χ3n) is 18.3. The van der Waals surface area contributed by atoms with Gasteiger partial charge in [0.15, 0.2) is 0 Å². The normalized spacial score (nSPS) is 14.7. The molecular weight excluding hydrogens is 925 g/mol. The van der Waals surface area contributed by atoms with Crippen molar-refractivity contribution in [2.24, 2.45) is 0 Å². The second kappa shape index (κ2) is 16.6. The second-order valence-electron chi connectivity index (χ2n) is 23.7. The summed E-state index contributed by atoms with van der Waals surface area (Å²) in [5.41, 5.74) is 31.0. The Hall–Kier alpha value is -8.84. The Morgan fingerprint density at radius 2 is 0.416 bits per heavy atom. The van der Waals surface area contributed by atoms with E-state index in [0.717, 1.165) is 0 Å². The Balaban J connectivity index is 0.704. The topological polar surface area (TPSA) is 0 Å². The molecule has 12 aromatic carbocycles. The van der Waals surface area contributed by atoms with Crippen LogP contribution in [0.25, 0.3) is 122 Å². The van der Waals surface area contributed by atoms with Gasteiger partial charge in [0.1, 0.15) is 0 Å². The zero-order valence-electron chi connectivity index (χ0n) is 44.6. The van der Waals surface area contributed by atoms with Gasteiger partial charge in [-0.05, 0) is 204 Å². The molecule has 0 radical (unpaired) electrons. The highest BCUT2D eigenvalue weighted by Gasteiger charge is 2.39. The Morgan fingerprint density at radius 1 is 0.182 bits per heavy atom. The maximum atomic E-state index is 2.48. The summed E-state index contributed by atoms with van der Waals surface area (Å²) >= 11 is 0. The van der Waals surface area contributed by atoms with Gasteiger partial charge in [-0.3, -0.25) is 0 Å². The third kappa shape index (κ3) is 6.91. The average molecular weight is 983 g/mol. The molecule has 15 rings (SSSR count). The van der Waals surface area contributed by atoms with E-state index in [-0.39, 0.29) is 16.2 Å². The standard InChI is InChI=1S/C77H58/c1-75(2)69-41-51(49-19-11-21-57(39-49)61-25-13-17-47-15-7-9-23-59(47)61)27-33-63(69)65-35-29-53(43-71(65)75)55-31-37-67-68-38-32-56(46-74(68)77(5,6)73(67)45-55)54-30-36-66-64-34-28-52(42-70(64)76(3,4)72(66)44-54)50-20-12-22-58(40-50)62-26-14-18-48-16-8-10-24-60(48)62/h7-46H,1-6H3. The molecule has 12 aromatic rings. The molecule has 0 aromatic heterocycles. The van der Waals surface area contributed by atoms with E-state index in [2.05, 4.69) is 284 Å². The van der Waals surface area contributed by atoms with Crippen molar-refractivity contribution in [1.29, 1.82) is 0 Å². The maximum absolute atomic E-state index is 2.48. The van der Waals surface area contributed by atoms with Gasteiger partial charge in [0.05, 0.1) is 0 Å². The van der Waals surface area contributed by atoms with Crippen molar-refractivity contribution in [1.82, 2.24) is 0 Å². The zero-order valence-corrected chi connectivity index (χ0v) is 44.6. The molecule has 0 fully saturated rings. The van der Waals surface area contributed by atoms with E-state index in [1.807, 2.05) is 0 Å². The molecule has 0 amide bonds. The monoisotopic (exact) mass is 982 g/mol. The van der Waals surface area contributed by atoms with Crippen LogP contribution >= 0.6 is 0 Å². The van der Waals surface area contributed by atoms with Crippen molar-refractivity contribution in [3.63, 3.8) is 0 Å². The molecule has 0 N–H and O–H groups in total. The first kappa shape index (κ1) is 45.5. The molecule has 0 unspecified atom stereocenters. The van der Waals surface area contributed by atoms with Gasteiger partial charge in [0.25, 0.3) is 0 Å². The van der Waals surface area contributed by atoms with E-state index in [1.54, 1.807) is 0 Å². The Bertz CT molecular complexity index is 4180. The fraction of sp³-hybridized carbons (Fsp3) is 0.117. The summed E-state index contributed by atoms with van der Waals surface area (Å²) in [6.45, 7) is 14.5. The van der Waals surface area contributed by atoms with Gasteiger partial charge >= 0.3 is 0 Å². The van der Waals surface area contributed by atoms with Crippen LogP contribution in [-0.2, 0) is 16.2 Å². The minimum atomic E-state index is -0.169. The number of hydrogen-bond acceptors (Lipinski definition) is 0. The van der Waals surface area contributed by atoms with E-state index < -0.39 is 0 Å². The summed E-state index contributed by atoms with van der Waals surface area (Å²) in [5.74, 6) is 0. The Kier molecular flexibility index (Phi) is 9.81. The molecule has 0 heteroatoms. The summed E-state index contributed by atoms with van der Waals surface area (Å²) in [5, 5.41) is 5.10. The lowest BCUT2D eigenvalue weighted by molar-refractivity contribution is 0.659. The summed E-state index contributed by atoms with van der Waals surface area (Å²) in [6.07, 6.45) is 0. The minimum absolute atomic E-state index is 0.156. The van der Waals surface area contributed by atoms with Crippen LogP contribution in [0.1, 0.15) is 74.9 Å². The highest BCUT2D eigenvalue weighted by molar-refractivity contribution is 5.99. The van der Waals surface area contributed by atoms with Gasteiger partial charge < -0.3 is 0 Å². The van der Waals surface area contributed by atoms with Crippen molar-refractivity contribution in [2.75, 3.05) is 0 Å². The van der Waals surface area contributed by atoms with E-state index in [1.165, 1.54) is 155 Å². The average Bonchev–Trinajstić information content (AvgIpc) is 4.15. The first-order valence-corrected chi connectivity index (χ1v) is 27.5. The van der Waals surface area contributed by atoms with E-state index >= 15 is 0 Å². The smallest absolute Gasteiger partial charge is 0.0159 e. The molecule has 0 heterocycles. The van der Waals surface area contributed by atoms with Crippen molar-refractivity contribution < 1.29 is 0 Å². The van der Waals surface area contributed by atoms with Crippen molar-refractivity contribution >= 4 is 21.5 Å². The largest absolute Gasteiger partial charge is 0.0616 e. The molecule has 0 saturated heterocycles. The molecule has 3 aliphatic rings. The number of benzene rings is 12. The van der Waals surface area contributed by atoms with E-state index in [4.69, 9.17) is 0 Å². The predicted octanol–water partition coefficient (Wildman–Crippen LogP) is 20.9. The molecule has 0 spiro atoms. The first-order chi connectivity index (χ1) is 37.4. The summed E-state index contributed by atoms with van der Waals surface area (Å²) < 4.78 is 0. The van der Waals surface area contributed by atoms with Gasteiger partial charge in [-0.1, -0.05) is 236 Å².